The van der Waals surface area contributed by atoms with Crippen molar-refractivity contribution < 1.29 is 4.74 Å². The van der Waals surface area contributed by atoms with Gasteiger partial charge < -0.3 is 21.1 Å². The lowest BCUT2D eigenvalue weighted by Gasteiger charge is -2.21. The van der Waals surface area contributed by atoms with Gasteiger partial charge in [-0.2, -0.15) is 9.61 Å². The minimum atomic E-state index is 0.536. The van der Waals surface area contributed by atoms with Crippen LogP contribution in [0.2, 0.25) is 0 Å². The van der Waals surface area contributed by atoms with Crippen molar-refractivity contribution in [1.82, 2.24) is 14.6 Å². The Bertz CT molecular complexity index is 946. The van der Waals surface area contributed by atoms with E-state index in [9.17, 15) is 0 Å². The maximum atomic E-state index is 5.63. The minimum absolute atomic E-state index is 0.536. The van der Waals surface area contributed by atoms with Crippen LogP contribution in [0.1, 0.15) is 51.0 Å². The molecule has 1 aliphatic heterocycles. The van der Waals surface area contributed by atoms with Crippen molar-refractivity contribution in [3.8, 4) is 5.75 Å². The molecular formula is C23H32N6O. The number of anilines is 3. The SMILES string of the molecule is CCOc1ccc(Nc2c3c(nc4ccnn24)NCCC3)cc1.NC1CCCCC1. The van der Waals surface area contributed by atoms with Gasteiger partial charge in [0.1, 0.15) is 17.4 Å². The molecule has 4 N–H and O–H groups in total. The lowest BCUT2D eigenvalue weighted by atomic mass is 9.97. The van der Waals surface area contributed by atoms with Gasteiger partial charge in [-0.05, 0) is 56.9 Å². The fraction of sp³-hybridized carbons (Fsp3) is 0.478. The highest BCUT2D eigenvalue weighted by molar-refractivity contribution is 5.70. The zero-order chi connectivity index (χ0) is 20.8. The molecule has 0 amide bonds. The number of ether oxygens (including phenoxy) is 1. The molecule has 30 heavy (non-hydrogen) atoms. The molecule has 1 aliphatic carbocycles. The molecule has 2 aliphatic rings. The number of hydrogen-bond donors (Lipinski definition) is 3. The van der Waals surface area contributed by atoms with Gasteiger partial charge in [0.05, 0.1) is 12.8 Å². The zero-order valence-electron chi connectivity index (χ0n) is 17.7. The molecule has 0 unspecified atom stereocenters. The van der Waals surface area contributed by atoms with E-state index < -0.39 is 0 Å². The summed E-state index contributed by atoms with van der Waals surface area (Å²) in [6.07, 6.45) is 10.5. The van der Waals surface area contributed by atoms with Gasteiger partial charge in [0.15, 0.2) is 5.65 Å². The zero-order valence-corrected chi connectivity index (χ0v) is 17.7. The molecule has 3 aromatic rings. The van der Waals surface area contributed by atoms with Crippen molar-refractivity contribution in [2.24, 2.45) is 5.73 Å². The van der Waals surface area contributed by atoms with Gasteiger partial charge in [0.2, 0.25) is 0 Å². The second-order valence-electron chi connectivity index (χ2n) is 7.90. The van der Waals surface area contributed by atoms with E-state index in [4.69, 9.17) is 10.5 Å². The third-order valence-corrected chi connectivity index (χ3v) is 5.61. The first-order valence-corrected chi connectivity index (χ1v) is 11.1. The molecule has 0 spiro atoms. The maximum absolute atomic E-state index is 5.63. The molecule has 2 aromatic heterocycles. The monoisotopic (exact) mass is 408 g/mol. The highest BCUT2D eigenvalue weighted by Gasteiger charge is 2.18. The average molecular weight is 409 g/mol. The molecule has 7 nitrogen and oxygen atoms in total. The van der Waals surface area contributed by atoms with Crippen LogP contribution >= 0.6 is 0 Å². The lowest BCUT2D eigenvalue weighted by molar-refractivity contribution is 0.340. The van der Waals surface area contributed by atoms with Crippen molar-refractivity contribution in [3.05, 3.63) is 42.1 Å². The van der Waals surface area contributed by atoms with E-state index in [-0.39, 0.29) is 0 Å². The van der Waals surface area contributed by atoms with E-state index in [2.05, 4.69) is 20.7 Å². The van der Waals surface area contributed by atoms with Gasteiger partial charge in [-0.15, -0.1) is 0 Å². The van der Waals surface area contributed by atoms with Crippen LogP contribution in [0.3, 0.4) is 0 Å². The number of benzene rings is 1. The quantitative estimate of drug-likeness (QED) is 0.589. The maximum Gasteiger partial charge on any atom is 0.159 e. The Balaban J connectivity index is 0.000000265. The van der Waals surface area contributed by atoms with Crippen LogP contribution in [-0.4, -0.2) is 33.8 Å². The highest BCUT2D eigenvalue weighted by atomic mass is 16.5. The summed E-state index contributed by atoms with van der Waals surface area (Å²) in [5.74, 6) is 2.81. The third-order valence-electron chi connectivity index (χ3n) is 5.61. The summed E-state index contributed by atoms with van der Waals surface area (Å²) in [7, 11) is 0. The summed E-state index contributed by atoms with van der Waals surface area (Å²) in [5.41, 5.74) is 8.66. The van der Waals surface area contributed by atoms with Gasteiger partial charge in [0, 0.05) is 29.9 Å². The van der Waals surface area contributed by atoms with Crippen molar-refractivity contribution in [2.75, 3.05) is 23.8 Å². The number of hydrogen-bond acceptors (Lipinski definition) is 6. The van der Waals surface area contributed by atoms with Crippen molar-refractivity contribution in [3.63, 3.8) is 0 Å². The molecule has 0 radical (unpaired) electrons. The molecule has 0 atom stereocenters. The smallest absolute Gasteiger partial charge is 0.159 e. The van der Waals surface area contributed by atoms with Crippen LogP contribution in [0.5, 0.6) is 5.75 Å². The molecular weight excluding hydrogens is 376 g/mol. The first-order chi connectivity index (χ1) is 14.7. The van der Waals surface area contributed by atoms with E-state index in [1.165, 1.54) is 37.7 Å². The van der Waals surface area contributed by atoms with E-state index in [1.54, 1.807) is 6.20 Å². The summed E-state index contributed by atoms with van der Waals surface area (Å²) in [6, 6.07) is 10.4. The van der Waals surface area contributed by atoms with Gasteiger partial charge in [0.25, 0.3) is 0 Å². The molecule has 1 fully saturated rings. The predicted molar refractivity (Wildman–Crippen MR) is 122 cm³/mol. The minimum Gasteiger partial charge on any atom is -0.494 e. The van der Waals surface area contributed by atoms with E-state index in [0.29, 0.717) is 12.6 Å². The van der Waals surface area contributed by atoms with Gasteiger partial charge >= 0.3 is 0 Å². The van der Waals surface area contributed by atoms with Crippen LogP contribution in [0.15, 0.2) is 36.5 Å². The standard InChI is InChI=1S/C17H19N5O.C6H13N/c1-2-23-13-7-5-12(6-8-13)20-17-14-4-3-10-18-16(14)21-15-9-11-19-22(15)17;7-6-4-2-1-3-5-6/h5-9,11,20H,2-4,10H2,1H3,(H,18,21);6H,1-5,7H2. The number of nitrogens with one attached hydrogen (secondary N) is 2. The average Bonchev–Trinajstić information content (AvgIpc) is 3.24. The Hall–Kier alpha value is -2.80. The summed E-state index contributed by atoms with van der Waals surface area (Å²) in [4.78, 5) is 4.65. The summed E-state index contributed by atoms with van der Waals surface area (Å²) < 4.78 is 7.36. The van der Waals surface area contributed by atoms with Crippen molar-refractivity contribution >= 4 is 23.0 Å². The highest BCUT2D eigenvalue weighted by Crippen LogP contribution is 2.31. The number of aromatic nitrogens is 3. The first kappa shape index (κ1) is 20.5. The van der Waals surface area contributed by atoms with Crippen molar-refractivity contribution in [1.29, 1.82) is 0 Å². The Morgan fingerprint density at radius 1 is 1.13 bits per heavy atom. The fourth-order valence-electron chi connectivity index (χ4n) is 4.03. The molecule has 1 saturated carbocycles. The van der Waals surface area contributed by atoms with Crippen LogP contribution in [0, 0.1) is 0 Å². The number of nitrogens with zero attached hydrogens (tertiary/aromatic N) is 3. The first-order valence-electron chi connectivity index (χ1n) is 11.1. The summed E-state index contributed by atoms with van der Waals surface area (Å²) in [6.45, 7) is 3.62. The van der Waals surface area contributed by atoms with Crippen LogP contribution < -0.4 is 21.1 Å². The molecule has 1 aromatic carbocycles. The Labute approximate surface area is 178 Å². The Morgan fingerprint density at radius 3 is 2.63 bits per heavy atom. The van der Waals surface area contributed by atoms with E-state index >= 15 is 0 Å². The normalized spacial score (nSPS) is 16.2. The number of rotatable bonds is 4. The lowest BCUT2D eigenvalue weighted by Crippen LogP contribution is -2.22. The largest absolute Gasteiger partial charge is 0.494 e. The topological polar surface area (TPSA) is 89.5 Å². The van der Waals surface area contributed by atoms with Gasteiger partial charge in [-0.1, -0.05) is 19.3 Å². The Kier molecular flexibility index (Phi) is 6.69. The number of nitrogens with two attached hydrogens (primary N) is 1. The Morgan fingerprint density at radius 2 is 1.93 bits per heavy atom. The van der Waals surface area contributed by atoms with Crippen LogP contribution in [0.4, 0.5) is 17.3 Å². The molecule has 160 valence electrons. The molecule has 7 heteroatoms. The second-order valence-corrected chi connectivity index (χ2v) is 7.90. The van der Waals surface area contributed by atoms with Crippen LogP contribution in [-0.2, 0) is 6.42 Å². The van der Waals surface area contributed by atoms with E-state index in [0.717, 1.165) is 48.1 Å². The summed E-state index contributed by atoms with van der Waals surface area (Å²) in [5, 5.41) is 11.3. The molecule has 3 heterocycles. The van der Waals surface area contributed by atoms with Crippen molar-refractivity contribution in [2.45, 2.75) is 57.9 Å². The third kappa shape index (κ3) is 4.84. The van der Waals surface area contributed by atoms with Gasteiger partial charge in [-0.25, -0.2) is 4.98 Å². The summed E-state index contributed by atoms with van der Waals surface area (Å²) >= 11 is 0. The molecule has 0 bridgehead atoms. The molecule has 5 rings (SSSR count). The second kappa shape index (κ2) is 9.80. The predicted octanol–water partition coefficient (Wildman–Crippen LogP) is 4.51. The van der Waals surface area contributed by atoms with Gasteiger partial charge in [-0.3, -0.25) is 0 Å². The van der Waals surface area contributed by atoms with Crippen LogP contribution in [0.25, 0.3) is 5.65 Å². The van der Waals surface area contributed by atoms with E-state index in [1.807, 2.05) is 41.8 Å². The molecule has 0 saturated heterocycles. The fourth-order valence-corrected chi connectivity index (χ4v) is 4.03. The number of fused-ring (bicyclic) bond motifs is 2.